The van der Waals surface area contributed by atoms with E-state index in [1.165, 1.54) is 29.5 Å². The van der Waals surface area contributed by atoms with Crippen molar-refractivity contribution in [2.45, 2.75) is 13.5 Å². The Bertz CT molecular complexity index is 660. The molecule has 1 aromatic heterocycles. The standard InChI is InChI=1S/C12H10N4O2S/c1-8-7-19-12(15-8)6-14-10-4-9(5-13)2-3-11(10)16(17)18/h2-4,7,14H,6H2,1H3. The van der Waals surface area contributed by atoms with Gasteiger partial charge in [-0.3, -0.25) is 10.1 Å². The summed E-state index contributed by atoms with van der Waals surface area (Å²) in [6.07, 6.45) is 0. The number of thiazole rings is 1. The summed E-state index contributed by atoms with van der Waals surface area (Å²) in [6.45, 7) is 2.28. The van der Waals surface area contributed by atoms with Gasteiger partial charge < -0.3 is 5.32 Å². The van der Waals surface area contributed by atoms with Crippen LogP contribution in [0.5, 0.6) is 0 Å². The molecule has 0 saturated heterocycles. The second kappa shape index (κ2) is 5.46. The molecule has 0 bridgehead atoms. The van der Waals surface area contributed by atoms with Crippen LogP contribution in [0.2, 0.25) is 0 Å². The highest BCUT2D eigenvalue weighted by atomic mass is 32.1. The van der Waals surface area contributed by atoms with Crippen molar-refractivity contribution in [2.75, 3.05) is 5.32 Å². The van der Waals surface area contributed by atoms with E-state index in [9.17, 15) is 10.1 Å². The Morgan fingerprint density at radius 1 is 1.58 bits per heavy atom. The summed E-state index contributed by atoms with van der Waals surface area (Å²) in [5, 5.41) is 25.4. The first-order chi connectivity index (χ1) is 9.10. The predicted molar refractivity (Wildman–Crippen MR) is 72.0 cm³/mol. The van der Waals surface area contributed by atoms with Crippen LogP contribution in [0.4, 0.5) is 11.4 Å². The third-order valence-corrected chi connectivity index (χ3v) is 3.39. The van der Waals surface area contributed by atoms with Crippen LogP contribution in [0, 0.1) is 28.4 Å². The fourth-order valence-corrected chi connectivity index (χ4v) is 2.27. The van der Waals surface area contributed by atoms with Gasteiger partial charge in [0.25, 0.3) is 5.69 Å². The Morgan fingerprint density at radius 3 is 2.95 bits per heavy atom. The van der Waals surface area contributed by atoms with Gasteiger partial charge in [-0.15, -0.1) is 11.3 Å². The number of nitriles is 1. The fraction of sp³-hybridized carbons (Fsp3) is 0.167. The number of nitrogens with one attached hydrogen (secondary N) is 1. The zero-order valence-electron chi connectivity index (χ0n) is 10.1. The van der Waals surface area contributed by atoms with Crippen molar-refractivity contribution in [1.29, 1.82) is 5.26 Å². The van der Waals surface area contributed by atoms with Crippen molar-refractivity contribution in [3.8, 4) is 6.07 Å². The molecule has 0 fully saturated rings. The molecule has 1 heterocycles. The maximum atomic E-state index is 10.9. The Hall–Kier alpha value is -2.46. The van der Waals surface area contributed by atoms with Crippen LogP contribution in [0.1, 0.15) is 16.3 Å². The van der Waals surface area contributed by atoms with Crippen molar-refractivity contribution in [2.24, 2.45) is 0 Å². The van der Waals surface area contributed by atoms with Crippen LogP contribution in [-0.4, -0.2) is 9.91 Å². The Labute approximate surface area is 113 Å². The molecule has 0 aliphatic heterocycles. The van der Waals surface area contributed by atoms with Gasteiger partial charge in [0.2, 0.25) is 0 Å². The maximum absolute atomic E-state index is 10.9. The second-order valence-electron chi connectivity index (χ2n) is 3.84. The zero-order valence-corrected chi connectivity index (χ0v) is 10.9. The lowest BCUT2D eigenvalue weighted by molar-refractivity contribution is -0.384. The molecule has 7 heteroatoms. The maximum Gasteiger partial charge on any atom is 0.292 e. The van der Waals surface area contributed by atoms with Crippen molar-refractivity contribution in [3.63, 3.8) is 0 Å². The normalized spacial score (nSPS) is 9.89. The number of aromatic nitrogens is 1. The number of nitro groups is 1. The zero-order chi connectivity index (χ0) is 13.8. The summed E-state index contributed by atoms with van der Waals surface area (Å²) in [5.41, 5.74) is 1.58. The van der Waals surface area contributed by atoms with Crippen LogP contribution >= 0.6 is 11.3 Å². The number of hydrogen-bond donors (Lipinski definition) is 1. The molecule has 0 atom stereocenters. The summed E-state index contributed by atoms with van der Waals surface area (Å²) in [6, 6.07) is 6.19. The van der Waals surface area contributed by atoms with Gasteiger partial charge in [-0.05, 0) is 19.1 Å². The minimum Gasteiger partial charge on any atom is -0.373 e. The molecule has 96 valence electrons. The van der Waals surface area contributed by atoms with Crippen LogP contribution in [-0.2, 0) is 6.54 Å². The monoisotopic (exact) mass is 274 g/mol. The first-order valence-corrected chi connectivity index (χ1v) is 6.31. The van der Waals surface area contributed by atoms with Crippen molar-refractivity contribution >= 4 is 22.7 Å². The molecule has 0 aliphatic rings. The lowest BCUT2D eigenvalue weighted by Crippen LogP contribution is -2.03. The fourth-order valence-electron chi connectivity index (χ4n) is 1.56. The molecule has 19 heavy (non-hydrogen) atoms. The number of nitro benzene ring substituents is 1. The van der Waals surface area contributed by atoms with Gasteiger partial charge in [0.15, 0.2) is 0 Å². The number of nitrogens with zero attached hydrogens (tertiary/aromatic N) is 3. The van der Waals surface area contributed by atoms with Crippen molar-refractivity contribution < 1.29 is 4.92 Å². The molecule has 0 amide bonds. The van der Waals surface area contributed by atoms with E-state index >= 15 is 0 Å². The van der Waals surface area contributed by atoms with E-state index in [0.717, 1.165) is 10.7 Å². The van der Waals surface area contributed by atoms with Gasteiger partial charge >= 0.3 is 0 Å². The number of anilines is 1. The third kappa shape index (κ3) is 3.05. The topological polar surface area (TPSA) is 91.8 Å². The van der Waals surface area contributed by atoms with E-state index in [-0.39, 0.29) is 5.69 Å². The highest BCUT2D eigenvalue weighted by molar-refractivity contribution is 7.09. The molecular weight excluding hydrogens is 264 g/mol. The first-order valence-electron chi connectivity index (χ1n) is 5.43. The molecule has 0 spiro atoms. The SMILES string of the molecule is Cc1csc(CNc2cc(C#N)ccc2[N+](=O)[O-])n1. The number of rotatable bonds is 4. The largest absolute Gasteiger partial charge is 0.373 e. The lowest BCUT2D eigenvalue weighted by Gasteiger charge is -2.05. The van der Waals surface area contributed by atoms with Crippen LogP contribution in [0.3, 0.4) is 0 Å². The molecule has 0 aliphatic carbocycles. The van der Waals surface area contributed by atoms with E-state index < -0.39 is 4.92 Å². The van der Waals surface area contributed by atoms with Gasteiger partial charge in [0.05, 0.1) is 23.1 Å². The summed E-state index contributed by atoms with van der Waals surface area (Å²) in [4.78, 5) is 14.7. The molecule has 0 unspecified atom stereocenters. The van der Waals surface area contributed by atoms with Crippen molar-refractivity contribution in [3.05, 3.63) is 50.0 Å². The third-order valence-electron chi connectivity index (χ3n) is 2.42. The average Bonchev–Trinajstić information content (AvgIpc) is 2.81. The Morgan fingerprint density at radius 2 is 2.37 bits per heavy atom. The predicted octanol–water partition coefficient (Wildman–Crippen LogP) is 2.84. The minimum atomic E-state index is -0.476. The van der Waals surface area contributed by atoms with Gasteiger partial charge in [-0.1, -0.05) is 0 Å². The molecular formula is C12H10N4O2S. The van der Waals surface area contributed by atoms with Crippen molar-refractivity contribution in [1.82, 2.24) is 4.98 Å². The van der Waals surface area contributed by atoms with E-state index in [4.69, 9.17) is 5.26 Å². The Balaban J connectivity index is 2.22. The molecule has 0 radical (unpaired) electrons. The Kier molecular flexibility index (Phi) is 3.73. The van der Waals surface area contributed by atoms with Gasteiger partial charge in [0.1, 0.15) is 10.7 Å². The number of benzene rings is 1. The summed E-state index contributed by atoms with van der Waals surface area (Å²) < 4.78 is 0. The second-order valence-corrected chi connectivity index (χ2v) is 4.78. The van der Waals surface area contributed by atoms with Gasteiger partial charge in [-0.25, -0.2) is 4.98 Å². The summed E-state index contributed by atoms with van der Waals surface area (Å²) in [5.74, 6) is 0. The molecule has 6 nitrogen and oxygen atoms in total. The lowest BCUT2D eigenvalue weighted by atomic mass is 10.2. The molecule has 1 aromatic carbocycles. The first kappa shape index (κ1) is 13.0. The van der Waals surface area contributed by atoms with Crippen LogP contribution in [0.25, 0.3) is 0 Å². The molecule has 1 N–H and O–H groups in total. The van der Waals surface area contributed by atoms with E-state index in [1.807, 2.05) is 18.4 Å². The van der Waals surface area contributed by atoms with E-state index in [1.54, 1.807) is 0 Å². The molecule has 2 aromatic rings. The van der Waals surface area contributed by atoms with E-state index in [0.29, 0.717) is 17.8 Å². The van der Waals surface area contributed by atoms with Gasteiger partial charge in [-0.2, -0.15) is 5.26 Å². The van der Waals surface area contributed by atoms with Gasteiger partial charge in [0, 0.05) is 17.1 Å². The minimum absolute atomic E-state index is 0.0488. The van der Waals surface area contributed by atoms with E-state index in [2.05, 4.69) is 10.3 Å². The smallest absolute Gasteiger partial charge is 0.292 e. The molecule has 2 rings (SSSR count). The number of hydrogen-bond acceptors (Lipinski definition) is 6. The highest BCUT2D eigenvalue weighted by Crippen LogP contribution is 2.26. The quantitative estimate of drug-likeness (QED) is 0.683. The van der Waals surface area contributed by atoms with Crippen LogP contribution in [0.15, 0.2) is 23.6 Å². The number of aryl methyl sites for hydroxylation is 1. The molecule has 0 saturated carbocycles. The average molecular weight is 274 g/mol. The van der Waals surface area contributed by atoms with Crippen LogP contribution < -0.4 is 5.32 Å². The summed E-state index contributed by atoms with van der Waals surface area (Å²) >= 11 is 1.48. The summed E-state index contributed by atoms with van der Waals surface area (Å²) in [7, 11) is 0. The highest BCUT2D eigenvalue weighted by Gasteiger charge is 2.14.